The van der Waals surface area contributed by atoms with Crippen LogP contribution in [0.25, 0.3) is 0 Å². The molecule has 1 N–H and O–H groups in total. The van der Waals surface area contributed by atoms with E-state index in [-0.39, 0.29) is 12.3 Å². The van der Waals surface area contributed by atoms with Gasteiger partial charge < -0.3 is 14.6 Å². The maximum absolute atomic E-state index is 12.7. The molecule has 0 aliphatic carbocycles. The molecule has 0 aliphatic rings. The van der Waals surface area contributed by atoms with Gasteiger partial charge in [0.1, 0.15) is 18.1 Å². The van der Waals surface area contributed by atoms with Crippen molar-refractivity contribution in [1.82, 2.24) is 14.9 Å². The third-order valence-corrected chi connectivity index (χ3v) is 5.01. The van der Waals surface area contributed by atoms with Crippen molar-refractivity contribution >= 4 is 34.9 Å². The molecular weight excluding hydrogens is 439 g/mol. The molecule has 1 amide bonds. The number of hydrogen-bond donors (Lipinski definition) is 1. The topological polar surface area (TPSA) is 82.2 Å². The second-order valence-electron chi connectivity index (χ2n) is 6.79. The van der Waals surface area contributed by atoms with Gasteiger partial charge in [-0.15, -0.1) is 0 Å². The summed E-state index contributed by atoms with van der Waals surface area (Å²) < 4.78 is 12.7. The molecule has 31 heavy (non-hydrogen) atoms. The van der Waals surface area contributed by atoms with E-state index in [9.17, 15) is 4.79 Å². The van der Waals surface area contributed by atoms with E-state index in [1.54, 1.807) is 48.1 Å². The zero-order chi connectivity index (χ0) is 21.8. The van der Waals surface area contributed by atoms with Crippen molar-refractivity contribution in [2.24, 2.45) is 0 Å². The Morgan fingerprint density at radius 2 is 1.94 bits per heavy atom. The molecular formula is C22H18Cl2N4O3. The second-order valence-corrected chi connectivity index (χ2v) is 7.66. The van der Waals surface area contributed by atoms with Crippen molar-refractivity contribution in [3.8, 4) is 5.75 Å². The van der Waals surface area contributed by atoms with Crippen LogP contribution < -0.4 is 10.1 Å². The van der Waals surface area contributed by atoms with Crippen molar-refractivity contribution in [2.45, 2.75) is 20.1 Å². The Hall–Kier alpha value is -3.29. The standard InChI is InChI=1S/C22H18Cl2N4O3/c1-14-19(13-30-18-4-2-3-17(24)11-18)21(27-31-14)22(29)25-20-9-10-28(26-20)12-15-5-7-16(23)8-6-15/h2-11H,12-13H2,1H3,(H,25,26,29). The predicted molar refractivity (Wildman–Crippen MR) is 118 cm³/mol. The summed E-state index contributed by atoms with van der Waals surface area (Å²) in [6, 6.07) is 16.2. The van der Waals surface area contributed by atoms with Gasteiger partial charge in [-0.2, -0.15) is 5.10 Å². The molecule has 2 heterocycles. The molecule has 7 nitrogen and oxygen atoms in total. The first-order valence-corrected chi connectivity index (χ1v) is 10.2. The molecule has 0 radical (unpaired) electrons. The van der Waals surface area contributed by atoms with Crippen LogP contribution in [0.3, 0.4) is 0 Å². The first-order valence-electron chi connectivity index (χ1n) is 9.41. The number of nitrogens with one attached hydrogen (secondary N) is 1. The molecule has 0 bridgehead atoms. The Labute approximate surface area is 188 Å². The van der Waals surface area contributed by atoms with Crippen LogP contribution in [0.2, 0.25) is 10.0 Å². The van der Waals surface area contributed by atoms with Gasteiger partial charge in [-0.3, -0.25) is 9.48 Å². The summed E-state index contributed by atoms with van der Waals surface area (Å²) in [5, 5.41) is 12.2. The molecule has 2 aromatic heterocycles. The van der Waals surface area contributed by atoms with E-state index < -0.39 is 5.91 Å². The highest BCUT2D eigenvalue weighted by Gasteiger charge is 2.21. The quantitative estimate of drug-likeness (QED) is 0.404. The fourth-order valence-corrected chi connectivity index (χ4v) is 3.23. The van der Waals surface area contributed by atoms with Gasteiger partial charge in [0.15, 0.2) is 11.5 Å². The monoisotopic (exact) mass is 456 g/mol. The minimum atomic E-state index is -0.432. The Morgan fingerprint density at radius 3 is 2.71 bits per heavy atom. The van der Waals surface area contributed by atoms with E-state index in [1.165, 1.54) is 0 Å². The van der Waals surface area contributed by atoms with E-state index in [0.717, 1.165) is 5.56 Å². The Kier molecular flexibility index (Phi) is 6.25. The molecule has 0 saturated carbocycles. The first kappa shape index (κ1) is 21.0. The van der Waals surface area contributed by atoms with E-state index >= 15 is 0 Å². The van der Waals surface area contributed by atoms with E-state index in [4.69, 9.17) is 32.5 Å². The number of carbonyl (C=O) groups is 1. The van der Waals surface area contributed by atoms with Crippen molar-refractivity contribution in [2.75, 3.05) is 5.32 Å². The highest BCUT2D eigenvalue weighted by atomic mass is 35.5. The normalized spacial score (nSPS) is 10.8. The molecule has 4 rings (SSSR count). The molecule has 0 saturated heterocycles. The third-order valence-electron chi connectivity index (χ3n) is 4.52. The number of aromatic nitrogens is 3. The number of nitrogens with zero attached hydrogens (tertiary/aromatic N) is 3. The maximum atomic E-state index is 12.7. The van der Waals surface area contributed by atoms with Crippen LogP contribution in [0, 0.1) is 6.92 Å². The average Bonchev–Trinajstić information content (AvgIpc) is 3.34. The van der Waals surface area contributed by atoms with E-state index in [2.05, 4.69) is 15.6 Å². The number of hydrogen-bond acceptors (Lipinski definition) is 5. The summed E-state index contributed by atoms with van der Waals surface area (Å²) in [5.74, 6) is 1.06. The summed E-state index contributed by atoms with van der Waals surface area (Å²) in [7, 11) is 0. The summed E-state index contributed by atoms with van der Waals surface area (Å²) in [6.45, 7) is 2.39. The van der Waals surface area contributed by atoms with Crippen LogP contribution in [0.1, 0.15) is 27.4 Å². The lowest BCUT2D eigenvalue weighted by Gasteiger charge is -2.07. The number of anilines is 1. The SMILES string of the molecule is Cc1onc(C(=O)Nc2ccn(Cc3ccc(Cl)cc3)n2)c1COc1cccc(Cl)c1. The number of aryl methyl sites for hydroxylation is 1. The number of rotatable bonds is 7. The van der Waals surface area contributed by atoms with Crippen LogP contribution in [-0.2, 0) is 13.2 Å². The third kappa shape index (κ3) is 5.25. The fraction of sp³-hybridized carbons (Fsp3) is 0.136. The summed E-state index contributed by atoms with van der Waals surface area (Å²) >= 11 is 11.9. The van der Waals surface area contributed by atoms with Gasteiger partial charge in [0.25, 0.3) is 5.91 Å². The van der Waals surface area contributed by atoms with Crippen LogP contribution in [0.4, 0.5) is 5.82 Å². The molecule has 0 atom stereocenters. The molecule has 4 aromatic rings. The van der Waals surface area contributed by atoms with Crippen LogP contribution in [0.15, 0.2) is 65.3 Å². The van der Waals surface area contributed by atoms with Crippen molar-refractivity contribution in [3.05, 3.63) is 93.4 Å². The number of halogens is 2. The Balaban J connectivity index is 1.42. The first-order chi connectivity index (χ1) is 15.0. The predicted octanol–water partition coefficient (Wildman–Crippen LogP) is 5.37. The van der Waals surface area contributed by atoms with Gasteiger partial charge >= 0.3 is 0 Å². The number of ether oxygens (including phenoxy) is 1. The molecule has 158 valence electrons. The summed E-state index contributed by atoms with van der Waals surface area (Å²) in [5.41, 5.74) is 1.74. The molecule has 0 aliphatic heterocycles. The second kappa shape index (κ2) is 9.24. The molecule has 0 unspecified atom stereocenters. The van der Waals surface area contributed by atoms with Crippen LogP contribution >= 0.6 is 23.2 Å². The van der Waals surface area contributed by atoms with Crippen LogP contribution in [-0.4, -0.2) is 20.8 Å². The lowest BCUT2D eigenvalue weighted by Crippen LogP contribution is -2.16. The summed E-state index contributed by atoms with van der Waals surface area (Å²) in [4.78, 5) is 12.7. The molecule has 0 spiro atoms. The highest BCUT2D eigenvalue weighted by Crippen LogP contribution is 2.21. The summed E-state index contributed by atoms with van der Waals surface area (Å²) in [6.07, 6.45) is 1.78. The number of amides is 1. The Bertz CT molecular complexity index is 1200. The van der Waals surface area contributed by atoms with Gasteiger partial charge in [-0.1, -0.05) is 46.6 Å². The average molecular weight is 457 g/mol. The fourth-order valence-electron chi connectivity index (χ4n) is 2.92. The zero-order valence-corrected chi connectivity index (χ0v) is 18.0. The van der Waals surface area contributed by atoms with Crippen molar-refractivity contribution in [3.63, 3.8) is 0 Å². The Morgan fingerprint density at radius 1 is 1.13 bits per heavy atom. The molecule has 0 fully saturated rings. The van der Waals surface area contributed by atoms with E-state index in [0.29, 0.717) is 39.5 Å². The smallest absolute Gasteiger partial charge is 0.279 e. The zero-order valence-electron chi connectivity index (χ0n) is 16.5. The van der Waals surface area contributed by atoms with Gasteiger partial charge in [0, 0.05) is 22.3 Å². The van der Waals surface area contributed by atoms with Gasteiger partial charge in [0.2, 0.25) is 0 Å². The minimum absolute atomic E-state index is 0.115. The van der Waals surface area contributed by atoms with Crippen molar-refractivity contribution < 1.29 is 14.1 Å². The lowest BCUT2D eigenvalue weighted by atomic mass is 10.2. The largest absolute Gasteiger partial charge is 0.489 e. The highest BCUT2D eigenvalue weighted by molar-refractivity contribution is 6.30. The maximum Gasteiger partial charge on any atom is 0.279 e. The van der Waals surface area contributed by atoms with E-state index in [1.807, 2.05) is 24.3 Å². The number of carbonyl (C=O) groups excluding carboxylic acids is 1. The number of benzene rings is 2. The van der Waals surface area contributed by atoms with Crippen LogP contribution in [0.5, 0.6) is 5.75 Å². The lowest BCUT2D eigenvalue weighted by molar-refractivity contribution is 0.101. The van der Waals surface area contributed by atoms with Gasteiger partial charge in [-0.25, -0.2) is 0 Å². The van der Waals surface area contributed by atoms with Gasteiger partial charge in [-0.05, 0) is 42.8 Å². The van der Waals surface area contributed by atoms with Crippen molar-refractivity contribution in [1.29, 1.82) is 0 Å². The molecule has 9 heteroatoms. The minimum Gasteiger partial charge on any atom is -0.489 e. The van der Waals surface area contributed by atoms with Gasteiger partial charge in [0.05, 0.1) is 12.1 Å². The molecule has 2 aromatic carbocycles.